The molecule has 0 spiro atoms. The second-order valence-electron chi connectivity index (χ2n) is 6.39. The van der Waals surface area contributed by atoms with Crippen molar-refractivity contribution in [1.29, 1.82) is 5.26 Å². The van der Waals surface area contributed by atoms with Gasteiger partial charge in [-0.2, -0.15) is 5.26 Å². The minimum Gasteiger partial charge on any atom is -0.305 e. The van der Waals surface area contributed by atoms with Crippen LogP contribution >= 0.6 is 0 Å². The average molecular weight is 237 g/mol. The third-order valence-electron chi connectivity index (χ3n) is 3.73. The molecular weight excluding hydrogens is 210 g/mol. The summed E-state index contributed by atoms with van der Waals surface area (Å²) in [7, 11) is 2.17. The van der Waals surface area contributed by atoms with E-state index in [0.717, 1.165) is 19.6 Å². The standard InChI is InChI=1S/C14H27N3/c1-12(2)10-17-13(6-8-15)11-16(5)9-7-14(17,3)4/h12-13H,6-7,9-11H2,1-5H3. The van der Waals surface area contributed by atoms with Crippen LogP contribution in [0.4, 0.5) is 0 Å². The molecule has 1 atom stereocenters. The Labute approximate surface area is 106 Å². The number of nitrogens with zero attached hydrogens (tertiary/aromatic N) is 3. The zero-order valence-corrected chi connectivity index (χ0v) is 12.0. The number of hydrogen-bond acceptors (Lipinski definition) is 3. The highest BCUT2D eigenvalue weighted by Crippen LogP contribution is 2.27. The molecule has 0 aromatic carbocycles. The highest BCUT2D eigenvalue weighted by atomic mass is 15.3. The van der Waals surface area contributed by atoms with Crippen LogP contribution in [0.3, 0.4) is 0 Å². The first kappa shape index (κ1) is 14.5. The summed E-state index contributed by atoms with van der Waals surface area (Å²) in [4.78, 5) is 4.93. The lowest BCUT2D eigenvalue weighted by Gasteiger charge is -2.42. The number of likely N-dealkylation sites (N-methyl/N-ethyl adjacent to an activating group) is 1. The first-order valence-corrected chi connectivity index (χ1v) is 6.69. The van der Waals surface area contributed by atoms with E-state index in [2.05, 4.69) is 50.6 Å². The van der Waals surface area contributed by atoms with E-state index < -0.39 is 0 Å². The maximum atomic E-state index is 9.02. The van der Waals surface area contributed by atoms with Crippen molar-refractivity contribution < 1.29 is 0 Å². The lowest BCUT2D eigenvalue weighted by Crippen LogP contribution is -2.51. The Morgan fingerprint density at radius 3 is 2.59 bits per heavy atom. The van der Waals surface area contributed by atoms with Gasteiger partial charge in [0.05, 0.1) is 12.5 Å². The predicted octanol–water partition coefficient (Wildman–Crippen LogP) is 2.34. The van der Waals surface area contributed by atoms with Gasteiger partial charge in [-0.25, -0.2) is 0 Å². The van der Waals surface area contributed by atoms with E-state index in [1.54, 1.807) is 0 Å². The van der Waals surface area contributed by atoms with Crippen LogP contribution in [-0.2, 0) is 0 Å². The van der Waals surface area contributed by atoms with Gasteiger partial charge in [0, 0.05) is 24.7 Å². The molecule has 3 nitrogen and oxygen atoms in total. The first-order chi connectivity index (χ1) is 7.86. The molecule has 1 rings (SSSR count). The first-order valence-electron chi connectivity index (χ1n) is 6.69. The van der Waals surface area contributed by atoms with Crippen molar-refractivity contribution in [2.24, 2.45) is 5.92 Å². The molecular formula is C14H27N3. The number of rotatable bonds is 3. The lowest BCUT2D eigenvalue weighted by molar-refractivity contribution is 0.0640. The lowest BCUT2D eigenvalue weighted by atomic mass is 9.94. The normalized spacial score (nSPS) is 26.8. The molecule has 0 amide bonds. The van der Waals surface area contributed by atoms with E-state index >= 15 is 0 Å². The van der Waals surface area contributed by atoms with Gasteiger partial charge in [-0.1, -0.05) is 13.8 Å². The summed E-state index contributed by atoms with van der Waals surface area (Å²) >= 11 is 0. The van der Waals surface area contributed by atoms with Crippen molar-refractivity contribution in [2.45, 2.75) is 52.1 Å². The highest BCUT2D eigenvalue weighted by molar-refractivity contribution is 4.95. The third kappa shape index (κ3) is 3.97. The monoisotopic (exact) mass is 237 g/mol. The van der Waals surface area contributed by atoms with Crippen molar-refractivity contribution in [1.82, 2.24) is 9.80 Å². The fourth-order valence-electron chi connectivity index (χ4n) is 2.72. The minimum absolute atomic E-state index is 0.205. The minimum atomic E-state index is 0.205. The summed E-state index contributed by atoms with van der Waals surface area (Å²) in [5, 5.41) is 9.02. The molecule has 0 aromatic heterocycles. The molecule has 0 radical (unpaired) electrons. The van der Waals surface area contributed by atoms with E-state index in [0.29, 0.717) is 18.4 Å². The van der Waals surface area contributed by atoms with Gasteiger partial charge in [-0.3, -0.25) is 4.90 Å². The van der Waals surface area contributed by atoms with E-state index in [1.807, 2.05) is 0 Å². The Hall–Kier alpha value is -0.590. The third-order valence-corrected chi connectivity index (χ3v) is 3.73. The zero-order chi connectivity index (χ0) is 13.1. The molecule has 17 heavy (non-hydrogen) atoms. The Morgan fingerprint density at radius 1 is 1.41 bits per heavy atom. The Balaban J connectivity index is 2.89. The summed E-state index contributed by atoms with van der Waals surface area (Å²) in [6, 6.07) is 2.74. The largest absolute Gasteiger partial charge is 0.305 e. The van der Waals surface area contributed by atoms with Gasteiger partial charge in [-0.05, 0) is 39.8 Å². The summed E-state index contributed by atoms with van der Waals surface area (Å²) in [6.07, 6.45) is 1.82. The molecule has 98 valence electrons. The molecule has 0 aliphatic carbocycles. The highest BCUT2D eigenvalue weighted by Gasteiger charge is 2.35. The fourth-order valence-corrected chi connectivity index (χ4v) is 2.72. The molecule has 0 saturated carbocycles. The molecule has 1 saturated heterocycles. The summed E-state index contributed by atoms with van der Waals surface area (Å²) in [5.74, 6) is 0.652. The maximum Gasteiger partial charge on any atom is 0.0638 e. The van der Waals surface area contributed by atoms with Crippen molar-refractivity contribution in [3.8, 4) is 6.07 Å². The quantitative estimate of drug-likeness (QED) is 0.755. The van der Waals surface area contributed by atoms with Crippen molar-refractivity contribution in [3.05, 3.63) is 0 Å². The van der Waals surface area contributed by atoms with Gasteiger partial charge < -0.3 is 4.90 Å². The van der Waals surface area contributed by atoms with Crippen LogP contribution in [0.25, 0.3) is 0 Å². The van der Waals surface area contributed by atoms with Crippen molar-refractivity contribution >= 4 is 0 Å². The van der Waals surface area contributed by atoms with Crippen LogP contribution in [-0.4, -0.2) is 48.1 Å². The molecule has 3 heteroatoms. The van der Waals surface area contributed by atoms with Gasteiger partial charge in [0.1, 0.15) is 0 Å². The smallest absolute Gasteiger partial charge is 0.0638 e. The van der Waals surface area contributed by atoms with E-state index in [4.69, 9.17) is 5.26 Å². The van der Waals surface area contributed by atoms with E-state index in [1.165, 1.54) is 6.42 Å². The van der Waals surface area contributed by atoms with Gasteiger partial charge >= 0.3 is 0 Å². The molecule has 1 fully saturated rings. The van der Waals surface area contributed by atoms with Crippen LogP contribution < -0.4 is 0 Å². The Bertz CT molecular complexity index is 278. The SMILES string of the molecule is CC(C)CN1C(CC#N)CN(C)CCC1(C)C. The van der Waals surface area contributed by atoms with Crippen LogP contribution in [0.2, 0.25) is 0 Å². The van der Waals surface area contributed by atoms with Gasteiger partial charge in [0.25, 0.3) is 0 Å². The molecule has 1 heterocycles. The van der Waals surface area contributed by atoms with Crippen molar-refractivity contribution in [3.63, 3.8) is 0 Å². The second-order valence-corrected chi connectivity index (χ2v) is 6.39. The summed E-state index contributed by atoms with van der Waals surface area (Å²) in [5.41, 5.74) is 0.205. The molecule has 1 unspecified atom stereocenters. The molecule has 0 aromatic rings. The number of nitriles is 1. The van der Waals surface area contributed by atoms with Gasteiger partial charge in [-0.15, -0.1) is 0 Å². The summed E-state index contributed by atoms with van der Waals surface area (Å²) < 4.78 is 0. The molecule has 1 aliphatic rings. The van der Waals surface area contributed by atoms with E-state index in [-0.39, 0.29) is 5.54 Å². The zero-order valence-electron chi connectivity index (χ0n) is 12.0. The molecule has 0 N–H and O–H groups in total. The predicted molar refractivity (Wildman–Crippen MR) is 71.8 cm³/mol. The van der Waals surface area contributed by atoms with Crippen LogP contribution in [0.1, 0.15) is 40.5 Å². The fraction of sp³-hybridized carbons (Fsp3) is 0.929. The van der Waals surface area contributed by atoms with Gasteiger partial charge in [0.15, 0.2) is 0 Å². The Morgan fingerprint density at radius 2 is 2.06 bits per heavy atom. The van der Waals surface area contributed by atoms with Crippen LogP contribution in [0, 0.1) is 17.2 Å². The molecule has 0 bridgehead atoms. The average Bonchev–Trinajstić information content (AvgIpc) is 2.30. The van der Waals surface area contributed by atoms with Crippen molar-refractivity contribution in [2.75, 3.05) is 26.7 Å². The maximum absolute atomic E-state index is 9.02. The molecule has 1 aliphatic heterocycles. The van der Waals surface area contributed by atoms with Crippen LogP contribution in [0.15, 0.2) is 0 Å². The van der Waals surface area contributed by atoms with Gasteiger partial charge in [0.2, 0.25) is 0 Å². The number of hydrogen-bond donors (Lipinski definition) is 0. The second kappa shape index (κ2) is 5.84. The topological polar surface area (TPSA) is 30.3 Å². The Kier molecular flexibility index (Phi) is 4.97. The van der Waals surface area contributed by atoms with E-state index in [9.17, 15) is 0 Å². The van der Waals surface area contributed by atoms with Crippen LogP contribution in [0.5, 0.6) is 0 Å². The summed E-state index contributed by atoms with van der Waals surface area (Å²) in [6.45, 7) is 12.4.